The molecule has 3 rings (SSSR count). The summed E-state index contributed by atoms with van der Waals surface area (Å²) in [5.41, 5.74) is 3.32. The summed E-state index contributed by atoms with van der Waals surface area (Å²) in [6.45, 7) is 5.93. The molecule has 0 radical (unpaired) electrons. The van der Waals surface area contributed by atoms with E-state index in [4.69, 9.17) is 0 Å². The summed E-state index contributed by atoms with van der Waals surface area (Å²) in [7, 11) is 0. The molecule has 2 amide bonds. The van der Waals surface area contributed by atoms with E-state index >= 15 is 0 Å². The minimum atomic E-state index is -0.590. The zero-order valence-electron chi connectivity index (χ0n) is 14.4. The van der Waals surface area contributed by atoms with Crippen molar-refractivity contribution in [2.24, 2.45) is 0 Å². The number of hydrogen-bond donors (Lipinski definition) is 1. The Bertz CT molecular complexity index is 766. The number of nitrogens with zero attached hydrogens (tertiary/aromatic N) is 2. The summed E-state index contributed by atoms with van der Waals surface area (Å²) < 4.78 is 26.9. The van der Waals surface area contributed by atoms with Crippen LogP contribution in [0.25, 0.3) is 0 Å². The van der Waals surface area contributed by atoms with Crippen molar-refractivity contribution >= 4 is 17.4 Å². The van der Waals surface area contributed by atoms with E-state index in [1.54, 1.807) is 4.90 Å². The van der Waals surface area contributed by atoms with Crippen LogP contribution >= 0.6 is 0 Å². The molecule has 132 valence electrons. The summed E-state index contributed by atoms with van der Waals surface area (Å²) in [4.78, 5) is 16.0. The molecule has 1 aliphatic heterocycles. The van der Waals surface area contributed by atoms with Gasteiger partial charge in [-0.05, 0) is 49.2 Å². The van der Waals surface area contributed by atoms with Crippen LogP contribution in [-0.4, -0.2) is 37.1 Å². The van der Waals surface area contributed by atoms with E-state index < -0.39 is 11.6 Å². The van der Waals surface area contributed by atoms with Gasteiger partial charge < -0.3 is 15.1 Å². The van der Waals surface area contributed by atoms with Gasteiger partial charge in [0.2, 0.25) is 0 Å². The van der Waals surface area contributed by atoms with Crippen LogP contribution in [0.15, 0.2) is 36.4 Å². The SMILES string of the molecule is Cc1cc(C)cc(NC(=O)N2CCN(c3ccc(F)cc3F)CC2)c1. The van der Waals surface area contributed by atoms with Crippen molar-refractivity contribution < 1.29 is 13.6 Å². The highest BCUT2D eigenvalue weighted by molar-refractivity contribution is 5.89. The number of benzene rings is 2. The van der Waals surface area contributed by atoms with Crippen LogP contribution in [0.4, 0.5) is 25.0 Å². The van der Waals surface area contributed by atoms with E-state index in [0.29, 0.717) is 31.9 Å². The first kappa shape index (κ1) is 17.2. The molecule has 1 saturated heterocycles. The molecule has 1 heterocycles. The molecular formula is C19H21F2N3O. The molecule has 4 nitrogen and oxygen atoms in total. The smallest absolute Gasteiger partial charge is 0.321 e. The fraction of sp³-hybridized carbons (Fsp3) is 0.316. The molecule has 2 aromatic carbocycles. The fourth-order valence-corrected chi connectivity index (χ4v) is 3.14. The average molecular weight is 345 g/mol. The summed E-state index contributed by atoms with van der Waals surface area (Å²) in [5, 5.41) is 2.91. The van der Waals surface area contributed by atoms with Crippen molar-refractivity contribution in [1.29, 1.82) is 0 Å². The first-order valence-corrected chi connectivity index (χ1v) is 8.26. The second-order valence-electron chi connectivity index (χ2n) is 6.38. The quantitative estimate of drug-likeness (QED) is 0.895. The number of nitrogens with one attached hydrogen (secondary N) is 1. The van der Waals surface area contributed by atoms with Gasteiger partial charge in [0.25, 0.3) is 0 Å². The zero-order valence-corrected chi connectivity index (χ0v) is 14.4. The average Bonchev–Trinajstić information content (AvgIpc) is 2.54. The van der Waals surface area contributed by atoms with Crippen molar-refractivity contribution in [2.45, 2.75) is 13.8 Å². The molecule has 6 heteroatoms. The second kappa shape index (κ2) is 7.09. The molecule has 25 heavy (non-hydrogen) atoms. The molecular weight excluding hydrogens is 324 g/mol. The van der Waals surface area contributed by atoms with Crippen molar-refractivity contribution in [3.05, 3.63) is 59.2 Å². The number of carbonyl (C=O) groups is 1. The lowest BCUT2D eigenvalue weighted by atomic mass is 10.1. The van der Waals surface area contributed by atoms with Gasteiger partial charge >= 0.3 is 6.03 Å². The van der Waals surface area contributed by atoms with E-state index in [2.05, 4.69) is 5.32 Å². The van der Waals surface area contributed by atoms with Crippen LogP contribution in [0.1, 0.15) is 11.1 Å². The van der Waals surface area contributed by atoms with Crippen LogP contribution in [-0.2, 0) is 0 Å². The number of hydrogen-bond acceptors (Lipinski definition) is 2. The van der Waals surface area contributed by atoms with Gasteiger partial charge in [-0.1, -0.05) is 6.07 Å². The molecule has 0 bridgehead atoms. The Balaban J connectivity index is 1.60. The standard InChI is InChI=1S/C19H21F2N3O/c1-13-9-14(2)11-16(10-13)22-19(25)24-7-5-23(6-8-24)18-4-3-15(20)12-17(18)21/h3-4,9-12H,5-8H2,1-2H3,(H,22,25). The van der Waals surface area contributed by atoms with Crippen molar-refractivity contribution in [3.63, 3.8) is 0 Å². The molecule has 1 N–H and O–H groups in total. The lowest BCUT2D eigenvalue weighted by Gasteiger charge is -2.36. The summed E-state index contributed by atoms with van der Waals surface area (Å²) in [6, 6.07) is 9.31. The Morgan fingerprint density at radius 3 is 2.20 bits per heavy atom. The number of aryl methyl sites for hydroxylation is 2. The Kier molecular flexibility index (Phi) is 4.88. The Hall–Kier alpha value is -2.63. The molecule has 0 spiro atoms. The maximum Gasteiger partial charge on any atom is 0.321 e. The van der Waals surface area contributed by atoms with Gasteiger partial charge in [-0.15, -0.1) is 0 Å². The molecule has 0 aliphatic carbocycles. The van der Waals surface area contributed by atoms with Crippen LogP contribution in [0.3, 0.4) is 0 Å². The van der Waals surface area contributed by atoms with Crippen LogP contribution in [0.2, 0.25) is 0 Å². The normalized spacial score (nSPS) is 14.6. The van der Waals surface area contributed by atoms with E-state index in [-0.39, 0.29) is 6.03 Å². The van der Waals surface area contributed by atoms with E-state index in [0.717, 1.165) is 22.9 Å². The number of urea groups is 1. The predicted octanol–water partition coefficient (Wildman–Crippen LogP) is 3.94. The van der Waals surface area contributed by atoms with E-state index in [1.807, 2.05) is 36.9 Å². The molecule has 0 aromatic heterocycles. The van der Waals surface area contributed by atoms with Gasteiger partial charge in [0, 0.05) is 37.9 Å². The highest BCUT2D eigenvalue weighted by Crippen LogP contribution is 2.22. The van der Waals surface area contributed by atoms with Gasteiger partial charge in [0.15, 0.2) is 0 Å². The molecule has 0 atom stereocenters. The molecule has 0 saturated carbocycles. The van der Waals surface area contributed by atoms with Gasteiger partial charge in [0.05, 0.1) is 5.69 Å². The van der Waals surface area contributed by atoms with E-state index in [9.17, 15) is 13.6 Å². The minimum Gasteiger partial charge on any atom is -0.366 e. The number of anilines is 2. The number of amides is 2. The third-order valence-corrected chi connectivity index (χ3v) is 4.29. The predicted molar refractivity (Wildman–Crippen MR) is 95.1 cm³/mol. The van der Waals surface area contributed by atoms with Crippen LogP contribution in [0, 0.1) is 25.5 Å². The molecule has 1 aliphatic rings. The lowest BCUT2D eigenvalue weighted by Crippen LogP contribution is -2.50. The minimum absolute atomic E-state index is 0.163. The molecule has 1 fully saturated rings. The Morgan fingerprint density at radius 1 is 0.960 bits per heavy atom. The van der Waals surface area contributed by atoms with Gasteiger partial charge in [0.1, 0.15) is 11.6 Å². The number of carbonyl (C=O) groups excluding carboxylic acids is 1. The van der Waals surface area contributed by atoms with Crippen LogP contribution in [0.5, 0.6) is 0 Å². The number of halogens is 2. The Labute approximate surface area is 146 Å². The third kappa shape index (κ3) is 4.07. The van der Waals surface area contributed by atoms with Gasteiger partial charge in [-0.25, -0.2) is 13.6 Å². The highest BCUT2D eigenvalue weighted by atomic mass is 19.1. The monoisotopic (exact) mass is 345 g/mol. The third-order valence-electron chi connectivity index (χ3n) is 4.29. The topological polar surface area (TPSA) is 35.6 Å². The maximum atomic E-state index is 13.9. The Morgan fingerprint density at radius 2 is 1.60 bits per heavy atom. The van der Waals surface area contributed by atoms with Crippen LogP contribution < -0.4 is 10.2 Å². The maximum absolute atomic E-state index is 13.9. The first-order chi connectivity index (χ1) is 11.9. The van der Waals surface area contributed by atoms with E-state index in [1.165, 1.54) is 12.1 Å². The largest absolute Gasteiger partial charge is 0.366 e. The summed E-state index contributed by atoms with van der Waals surface area (Å²) >= 11 is 0. The van der Waals surface area contributed by atoms with Gasteiger partial charge in [-0.2, -0.15) is 0 Å². The highest BCUT2D eigenvalue weighted by Gasteiger charge is 2.23. The van der Waals surface area contributed by atoms with Crippen molar-refractivity contribution in [3.8, 4) is 0 Å². The number of piperazine rings is 1. The second-order valence-corrected chi connectivity index (χ2v) is 6.38. The summed E-state index contributed by atoms with van der Waals surface area (Å²) in [5.74, 6) is -1.17. The van der Waals surface area contributed by atoms with Gasteiger partial charge in [-0.3, -0.25) is 0 Å². The molecule has 0 unspecified atom stereocenters. The fourth-order valence-electron chi connectivity index (χ4n) is 3.14. The first-order valence-electron chi connectivity index (χ1n) is 8.26. The van der Waals surface area contributed by atoms with Crippen molar-refractivity contribution in [2.75, 3.05) is 36.4 Å². The van der Waals surface area contributed by atoms with Crippen molar-refractivity contribution in [1.82, 2.24) is 4.90 Å². The summed E-state index contributed by atoms with van der Waals surface area (Å²) in [6.07, 6.45) is 0. The zero-order chi connectivity index (χ0) is 18.0. The lowest BCUT2D eigenvalue weighted by molar-refractivity contribution is 0.208. The molecule has 2 aromatic rings. The number of rotatable bonds is 2.